The summed E-state index contributed by atoms with van der Waals surface area (Å²) >= 11 is 0. The number of para-hydroxylation sites is 2. The Morgan fingerprint density at radius 1 is 0.714 bits per heavy atom. The third-order valence-electron chi connectivity index (χ3n) is 3.30. The van der Waals surface area contributed by atoms with E-state index in [1.54, 1.807) is 24.3 Å². The second-order valence-corrected chi connectivity index (χ2v) is 9.99. The molecule has 0 heterocycles. The fraction of sp³-hybridized carbons (Fsp3) is 0.250. The predicted octanol–water partition coefficient (Wildman–Crippen LogP) is 1.39. The summed E-state index contributed by atoms with van der Waals surface area (Å²) in [7, 11) is -10.2. The summed E-state index contributed by atoms with van der Waals surface area (Å²) < 4.78 is 84.5. The fourth-order valence-corrected chi connectivity index (χ4v) is 3.93. The van der Waals surface area contributed by atoms with Gasteiger partial charge in [0.05, 0.1) is 20.6 Å². The van der Waals surface area contributed by atoms with E-state index in [1.807, 2.05) is 0 Å². The molecular formula is C16H18O9S3. The fourth-order valence-electron chi connectivity index (χ4n) is 2.08. The first kappa shape index (κ1) is 22.3. The van der Waals surface area contributed by atoms with E-state index in [1.165, 1.54) is 24.3 Å². The molecule has 28 heavy (non-hydrogen) atoms. The Balaban J connectivity index is 2.22. The standard InChI is InChI=1S/C16H18O9S3/c17-26(15-7-3-1-5-13(15)24-9-11-27(18,19)20)16-8-4-2-6-14(16)25-10-12-28(21,22)23/h1-8H,9-12H2,(H,18,19,20)(H,21,22,23). The van der Waals surface area contributed by atoms with Crippen molar-refractivity contribution in [3.05, 3.63) is 48.5 Å². The van der Waals surface area contributed by atoms with Crippen molar-refractivity contribution in [3.8, 4) is 11.5 Å². The first-order valence-electron chi connectivity index (χ1n) is 7.82. The van der Waals surface area contributed by atoms with Gasteiger partial charge in [0.2, 0.25) is 0 Å². The Labute approximate surface area is 165 Å². The average molecular weight is 451 g/mol. The minimum atomic E-state index is -4.20. The molecule has 0 spiro atoms. The summed E-state index contributed by atoms with van der Waals surface area (Å²) in [4.78, 5) is 0.479. The van der Waals surface area contributed by atoms with Crippen molar-refractivity contribution in [2.75, 3.05) is 24.7 Å². The molecule has 0 saturated carbocycles. The van der Waals surface area contributed by atoms with Crippen molar-refractivity contribution in [2.45, 2.75) is 9.79 Å². The lowest BCUT2D eigenvalue weighted by atomic mass is 10.3. The van der Waals surface area contributed by atoms with Gasteiger partial charge >= 0.3 is 0 Å². The molecule has 2 N–H and O–H groups in total. The van der Waals surface area contributed by atoms with E-state index in [-0.39, 0.29) is 34.5 Å². The van der Waals surface area contributed by atoms with Gasteiger partial charge < -0.3 is 9.47 Å². The van der Waals surface area contributed by atoms with Gasteiger partial charge in [-0.05, 0) is 24.3 Å². The van der Waals surface area contributed by atoms with E-state index in [9.17, 15) is 21.0 Å². The SMILES string of the molecule is O=S(c1ccccc1OCCS(=O)(=O)O)c1ccccc1OCCS(=O)(=O)O. The van der Waals surface area contributed by atoms with E-state index in [2.05, 4.69) is 0 Å². The molecule has 0 amide bonds. The highest BCUT2D eigenvalue weighted by Gasteiger charge is 2.18. The van der Waals surface area contributed by atoms with Crippen LogP contribution < -0.4 is 9.47 Å². The van der Waals surface area contributed by atoms with Crippen LogP contribution in [0, 0.1) is 0 Å². The second-order valence-electron chi connectivity index (χ2n) is 5.43. The van der Waals surface area contributed by atoms with Crippen molar-refractivity contribution in [1.82, 2.24) is 0 Å². The summed E-state index contributed by atoms with van der Waals surface area (Å²) in [5.41, 5.74) is 0. The molecule has 9 nitrogen and oxygen atoms in total. The second kappa shape index (κ2) is 9.47. The van der Waals surface area contributed by atoms with Crippen LogP contribution in [-0.4, -0.2) is 54.9 Å². The molecule has 0 saturated heterocycles. The van der Waals surface area contributed by atoms with E-state index in [0.29, 0.717) is 0 Å². The van der Waals surface area contributed by atoms with Crippen molar-refractivity contribution in [1.29, 1.82) is 0 Å². The van der Waals surface area contributed by atoms with Crippen LogP contribution in [0.25, 0.3) is 0 Å². The summed E-state index contributed by atoms with van der Waals surface area (Å²) in [6, 6.07) is 12.5. The largest absolute Gasteiger partial charge is 0.491 e. The van der Waals surface area contributed by atoms with Crippen molar-refractivity contribution in [2.24, 2.45) is 0 Å². The summed E-state index contributed by atoms with van der Waals surface area (Å²) in [6.07, 6.45) is 0. The predicted molar refractivity (Wildman–Crippen MR) is 101 cm³/mol. The van der Waals surface area contributed by atoms with Crippen molar-refractivity contribution < 1.29 is 39.6 Å². The Morgan fingerprint density at radius 3 is 1.43 bits per heavy atom. The number of hydrogen-bond donors (Lipinski definition) is 2. The molecule has 0 aliphatic heterocycles. The molecule has 2 rings (SSSR count). The lowest BCUT2D eigenvalue weighted by Gasteiger charge is -2.13. The Hall–Kier alpha value is -1.99. The zero-order valence-corrected chi connectivity index (χ0v) is 16.9. The van der Waals surface area contributed by atoms with Gasteiger partial charge in [0.1, 0.15) is 36.2 Å². The van der Waals surface area contributed by atoms with Gasteiger partial charge in [-0.15, -0.1) is 0 Å². The number of benzene rings is 2. The number of ether oxygens (including phenoxy) is 2. The van der Waals surface area contributed by atoms with Crippen LogP contribution in [0.4, 0.5) is 0 Å². The molecular weight excluding hydrogens is 432 g/mol. The number of rotatable bonds is 10. The Bertz CT molecular complexity index is 963. The molecule has 0 aliphatic carbocycles. The third-order valence-corrected chi connectivity index (χ3v) is 6.13. The Kier molecular flexibility index (Phi) is 7.55. The molecule has 0 radical (unpaired) electrons. The zero-order valence-electron chi connectivity index (χ0n) is 14.4. The molecule has 0 unspecified atom stereocenters. The molecule has 0 aliphatic rings. The smallest absolute Gasteiger partial charge is 0.268 e. The van der Waals surface area contributed by atoms with Crippen molar-refractivity contribution >= 4 is 31.0 Å². The molecule has 0 bridgehead atoms. The minimum Gasteiger partial charge on any atom is -0.491 e. The lowest BCUT2D eigenvalue weighted by molar-refractivity contribution is 0.326. The van der Waals surface area contributed by atoms with Crippen molar-refractivity contribution in [3.63, 3.8) is 0 Å². The van der Waals surface area contributed by atoms with Crippen LogP contribution in [0.3, 0.4) is 0 Å². The highest BCUT2D eigenvalue weighted by atomic mass is 32.2. The highest BCUT2D eigenvalue weighted by molar-refractivity contribution is 7.86. The molecule has 154 valence electrons. The van der Waals surface area contributed by atoms with Gasteiger partial charge in [-0.25, -0.2) is 4.21 Å². The topological polar surface area (TPSA) is 144 Å². The molecule has 0 fully saturated rings. The maximum Gasteiger partial charge on any atom is 0.268 e. The van der Waals surface area contributed by atoms with Crippen LogP contribution in [0.5, 0.6) is 11.5 Å². The maximum atomic E-state index is 13.0. The van der Waals surface area contributed by atoms with Gasteiger partial charge in [0.15, 0.2) is 0 Å². The van der Waals surface area contributed by atoms with Crippen LogP contribution in [0.1, 0.15) is 0 Å². The molecule has 0 aromatic heterocycles. The molecule has 2 aromatic carbocycles. The summed E-state index contributed by atoms with van der Waals surface area (Å²) in [5, 5.41) is 0. The minimum absolute atomic E-state index is 0.164. The van der Waals surface area contributed by atoms with E-state index in [0.717, 1.165) is 0 Å². The van der Waals surface area contributed by atoms with Gasteiger partial charge in [-0.1, -0.05) is 24.3 Å². The van der Waals surface area contributed by atoms with Gasteiger partial charge in [0.25, 0.3) is 20.2 Å². The monoisotopic (exact) mass is 450 g/mol. The third kappa shape index (κ3) is 7.20. The molecule has 0 atom stereocenters. The lowest BCUT2D eigenvalue weighted by Crippen LogP contribution is -2.14. The summed E-state index contributed by atoms with van der Waals surface area (Å²) in [6.45, 7) is -0.668. The van der Waals surface area contributed by atoms with E-state index < -0.39 is 42.5 Å². The van der Waals surface area contributed by atoms with Crippen LogP contribution >= 0.6 is 0 Å². The highest BCUT2D eigenvalue weighted by Crippen LogP contribution is 2.31. The zero-order chi connectivity index (χ0) is 20.8. The summed E-state index contributed by atoms with van der Waals surface area (Å²) in [5.74, 6) is -0.915. The van der Waals surface area contributed by atoms with Gasteiger partial charge in [-0.2, -0.15) is 16.8 Å². The van der Waals surface area contributed by atoms with Crippen LogP contribution in [-0.2, 0) is 31.0 Å². The van der Waals surface area contributed by atoms with Gasteiger partial charge in [0, 0.05) is 0 Å². The first-order chi connectivity index (χ1) is 13.1. The Morgan fingerprint density at radius 2 is 1.07 bits per heavy atom. The molecule has 2 aromatic rings. The average Bonchev–Trinajstić information content (AvgIpc) is 2.60. The molecule has 12 heteroatoms. The van der Waals surface area contributed by atoms with Gasteiger partial charge in [-0.3, -0.25) is 9.11 Å². The number of hydrogen-bond acceptors (Lipinski definition) is 7. The van der Waals surface area contributed by atoms with E-state index >= 15 is 0 Å². The maximum absolute atomic E-state index is 13.0. The normalized spacial score (nSPS) is 12.1. The quantitative estimate of drug-likeness (QED) is 0.513. The first-order valence-corrected chi connectivity index (χ1v) is 12.2. The van der Waals surface area contributed by atoms with Crippen LogP contribution in [0.2, 0.25) is 0 Å². The van der Waals surface area contributed by atoms with E-state index in [4.69, 9.17) is 18.6 Å². The van der Waals surface area contributed by atoms with Crippen LogP contribution in [0.15, 0.2) is 58.3 Å².